The zero-order valence-electron chi connectivity index (χ0n) is 12.3. The zero-order valence-corrected chi connectivity index (χ0v) is 12.3. The highest BCUT2D eigenvalue weighted by molar-refractivity contribution is 5.77. The minimum absolute atomic E-state index is 0.126. The van der Waals surface area contributed by atoms with Crippen molar-refractivity contribution in [3.05, 3.63) is 17.0 Å². The molecular formula is C13H20N4O4. The quantitative estimate of drug-likeness (QED) is 0.721. The number of amides is 2. The van der Waals surface area contributed by atoms with Crippen LogP contribution < -0.4 is 10.6 Å². The number of aromatic nitrogens is 2. The Morgan fingerprint density at radius 2 is 2.14 bits per heavy atom. The number of aryl methyl sites for hydroxylation is 2. The van der Waals surface area contributed by atoms with Gasteiger partial charge in [-0.05, 0) is 13.8 Å². The van der Waals surface area contributed by atoms with Crippen molar-refractivity contribution >= 4 is 12.0 Å². The van der Waals surface area contributed by atoms with Gasteiger partial charge in [-0.15, -0.1) is 0 Å². The Balaban J connectivity index is 1.89. The normalized spacial score (nSPS) is 21.3. The molecule has 0 radical (unpaired) electrons. The minimum atomic E-state index is -0.961. The van der Waals surface area contributed by atoms with Gasteiger partial charge in [0.15, 0.2) is 0 Å². The molecule has 0 aromatic carbocycles. The first kappa shape index (κ1) is 15.3. The third-order valence-corrected chi connectivity index (χ3v) is 3.80. The summed E-state index contributed by atoms with van der Waals surface area (Å²) in [6, 6.07) is -0.905. The Labute approximate surface area is 122 Å². The highest BCUT2D eigenvalue weighted by Crippen LogP contribution is 2.14. The van der Waals surface area contributed by atoms with Gasteiger partial charge < -0.3 is 20.5 Å². The standard InChI is InChI=1S/C13H20N4O4/c1-7-9(8(2)17(3)16-7)4-14-13(20)15-11-6-21-5-10(11)12(18)19/h10-11H,4-6H2,1-3H3,(H,18,19)(H2,14,15,20). The lowest BCUT2D eigenvalue weighted by atomic mass is 10.0. The number of ether oxygens (including phenoxy) is 1. The van der Waals surface area contributed by atoms with E-state index in [4.69, 9.17) is 9.84 Å². The van der Waals surface area contributed by atoms with E-state index in [2.05, 4.69) is 15.7 Å². The number of nitrogens with one attached hydrogen (secondary N) is 2. The predicted molar refractivity (Wildman–Crippen MR) is 73.8 cm³/mol. The van der Waals surface area contributed by atoms with Crippen molar-refractivity contribution in [1.29, 1.82) is 0 Å². The van der Waals surface area contributed by atoms with Crippen LogP contribution in [0.3, 0.4) is 0 Å². The summed E-state index contributed by atoms with van der Waals surface area (Å²) in [6.45, 7) is 4.51. The minimum Gasteiger partial charge on any atom is -0.481 e. The van der Waals surface area contributed by atoms with E-state index in [0.29, 0.717) is 6.54 Å². The van der Waals surface area contributed by atoms with E-state index in [9.17, 15) is 9.59 Å². The Hall–Kier alpha value is -2.09. The summed E-state index contributed by atoms with van der Waals surface area (Å²) in [7, 11) is 1.85. The summed E-state index contributed by atoms with van der Waals surface area (Å²) in [4.78, 5) is 22.9. The van der Waals surface area contributed by atoms with Crippen LogP contribution in [-0.2, 0) is 23.1 Å². The van der Waals surface area contributed by atoms with Crippen molar-refractivity contribution in [2.45, 2.75) is 26.4 Å². The molecule has 0 bridgehead atoms. The second-order valence-electron chi connectivity index (χ2n) is 5.19. The van der Waals surface area contributed by atoms with Gasteiger partial charge in [0.2, 0.25) is 0 Å². The van der Waals surface area contributed by atoms with Crippen molar-refractivity contribution in [3.63, 3.8) is 0 Å². The lowest BCUT2D eigenvalue weighted by molar-refractivity contribution is -0.142. The first-order valence-corrected chi connectivity index (χ1v) is 6.74. The molecule has 2 unspecified atom stereocenters. The van der Waals surface area contributed by atoms with Crippen LogP contribution in [0.4, 0.5) is 4.79 Å². The van der Waals surface area contributed by atoms with Crippen LogP contribution >= 0.6 is 0 Å². The summed E-state index contributed by atoms with van der Waals surface area (Å²) in [5.74, 6) is -1.66. The Bertz CT molecular complexity index is 555. The van der Waals surface area contributed by atoms with E-state index in [1.165, 1.54) is 0 Å². The molecule has 1 aromatic rings. The highest BCUT2D eigenvalue weighted by atomic mass is 16.5. The number of nitrogens with zero attached hydrogens (tertiary/aromatic N) is 2. The third kappa shape index (κ3) is 3.33. The van der Waals surface area contributed by atoms with Crippen LogP contribution in [0.1, 0.15) is 17.0 Å². The maximum Gasteiger partial charge on any atom is 0.315 e. The van der Waals surface area contributed by atoms with Gasteiger partial charge in [-0.2, -0.15) is 5.10 Å². The van der Waals surface area contributed by atoms with Crippen LogP contribution in [0.2, 0.25) is 0 Å². The van der Waals surface area contributed by atoms with Crippen LogP contribution in [0.5, 0.6) is 0 Å². The number of urea groups is 1. The monoisotopic (exact) mass is 296 g/mol. The molecule has 116 valence electrons. The fourth-order valence-electron chi connectivity index (χ4n) is 2.40. The lowest BCUT2D eigenvalue weighted by Gasteiger charge is -2.16. The van der Waals surface area contributed by atoms with E-state index < -0.39 is 24.0 Å². The largest absolute Gasteiger partial charge is 0.481 e. The number of carbonyl (C=O) groups is 2. The summed E-state index contributed by atoms with van der Waals surface area (Å²) < 4.78 is 6.86. The van der Waals surface area contributed by atoms with Crippen LogP contribution in [0.15, 0.2) is 0 Å². The van der Waals surface area contributed by atoms with Crippen LogP contribution in [0.25, 0.3) is 0 Å². The third-order valence-electron chi connectivity index (χ3n) is 3.80. The average Bonchev–Trinajstić information content (AvgIpc) is 2.94. The summed E-state index contributed by atoms with van der Waals surface area (Å²) in [5, 5.41) is 18.7. The topological polar surface area (TPSA) is 105 Å². The first-order valence-electron chi connectivity index (χ1n) is 6.74. The van der Waals surface area contributed by atoms with Gasteiger partial charge in [0.05, 0.1) is 24.9 Å². The number of carboxylic acids is 1. The molecule has 1 saturated heterocycles. The van der Waals surface area contributed by atoms with E-state index in [0.717, 1.165) is 17.0 Å². The SMILES string of the molecule is Cc1nn(C)c(C)c1CNC(=O)NC1COCC1C(=O)O. The molecule has 0 spiro atoms. The van der Waals surface area contributed by atoms with Gasteiger partial charge in [0, 0.05) is 24.8 Å². The summed E-state index contributed by atoms with van der Waals surface area (Å²) in [6.07, 6.45) is 0. The number of rotatable bonds is 4. The summed E-state index contributed by atoms with van der Waals surface area (Å²) >= 11 is 0. The second-order valence-corrected chi connectivity index (χ2v) is 5.19. The Morgan fingerprint density at radius 1 is 1.43 bits per heavy atom. The molecule has 2 atom stereocenters. The van der Waals surface area contributed by atoms with E-state index >= 15 is 0 Å². The van der Waals surface area contributed by atoms with Gasteiger partial charge >= 0.3 is 12.0 Å². The van der Waals surface area contributed by atoms with Gasteiger partial charge in [-0.3, -0.25) is 9.48 Å². The molecule has 2 rings (SSSR count). The molecule has 1 fully saturated rings. The van der Waals surface area contributed by atoms with E-state index in [1.54, 1.807) is 4.68 Å². The average molecular weight is 296 g/mol. The fraction of sp³-hybridized carbons (Fsp3) is 0.615. The molecule has 1 aliphatic rings. The van der Waals surface area contributed by atoms with Crippen LogP contribution in [0, 0.1) is 19.8 Å². The van der Waals surface area contributed by atoms with Gasteiger partial charge in [0.25, 0.3) is 0 Å². The van der Waals surface area contributed by atoms with Crippen LogP contribution in [-0.4, -0.2) is 46.1 Å². The number of carbonyl (C=O) groups excluding carboxylic acids is 1. The zero-order chi connectivity index (χ0) is 15.6. The molecular weight excluding hydrogens is 276 g/mol. The first-order chi connectivity index (χ1) is 9.90. The molecule has 2 heterocycles. The summed E-state index contributed by atoms with van der Waals surface area (Å²) in [5.41, 5.74) is 2.81. The smallest absolute Gasteiger partial charge is 0.315 e. The molecule has 2 amide bonds. The number of hydrogen-bond donors (Lipinski definition) is 3. The van der Waals surface area contributed by atoms with Crippen molar-refractivity contribution in [2.24, 2.45) is 13.0 Å². The maximum atomic E-state index is 11.9. The predicted octanol–water partition coefficient (Wildman–Crippen LogP) is -0.0643. The molecule has 0 saturated carbocycles. The molecule has 1 aromatic heterocycles. The Kier molecular flexibility index (Phi) is 4.46. The molecule has 8 heteroatoms. The molecule has 21 heavy (non-hydrogen) atoms. The molecule has 1 aliphatic heterocycles. The van der Waals surface area contributed by atoms with Crippen molar-refractivity contribution in [1.82, 2.24) is 20.4 Å². The number of hydrogen-bond acceptors (Lipinski definition) is 4. The van der Waals surface area contributed by atoms with Gasteiger partial charge in [-0.1, -0.05) is 0 Å². The number of aliphatic carboxylic acids is 1. The van der Waals surface area contributed by atoms with Crippen molar-refractivity contribution < 1.29 is 19.4 Å². The van der Waals surface area contributed by atoms with Crippen molar-refractivity contribution in [3.8, 4) is 0 Å². The van der Waals surface area contributed by atoms with E-state index in [1.807, 2.05) is 20.9 Å². The molecule has 3 N–H and O–H groups in total. The fourth-order valence-corrected chi connectivity index (χ4v) is 2.40. The van der Waals surface area contributed by atoms with E-state index in [-0.39, 0.29) is 13.2 Å². The Morgan fingerprint density at radius 3 is 2.71 bits per heavy atom. The maximum absolute atomic E-state index is 11.9. The molecule has 8 nitrogen and oxygen atoms in total. The lowest BCUT2D eigenvalue weighted by Crippen LogP contribution is -2.47. The number of carboxylic acid groups (broad SMARTS) is 1. The van der Waals surface area contributed by atoms with Gasteiger partial charge in [0.1, 0.15) is 5.92 Å². The second kappa shape index (κ2) is 6.13. The van der Waals surface area contributed by atoms with Gasteiger partial charge in [-0.25, -0.2) is 4.79 Å². The highest BCUT2D eigenvalue weighted by Gasteiger charge is 2.35. The molecule has 0 aliphatic carbocycles. The van der Waals surface area contributed by atoms with Crippen molar-refractivity contribution in [2.75, 3.05) is 13.2 Å².